The number of nitrogens with one attached hydrogen (secondary N) is 2. The van der Waals surface area contributed by atoms with Crippen LogP contribution in [0.25, 0.3) is 5.57 Å². The highest BCUT2D eigenvalue weighted by Crippen LogP contribution is 2.46. The van der Waals surface area contributed by atoms with E-state index in [1.54, 1.807) is 33.0 Å². The fourth-order valence-corrected chi connectivity index (χ4v) is 5.09. The second kappa shape index (κ2) is 10.5. The maximum absolute atomic E-state index is 13.1. The van der Waals surface area contributed by atoms with E-state index in [9.17, 15) is 19.5 Å². The number of aromatic nitrogens is 1. The second-order valence-electron chi connectivity index (χ2n) is 10.6. The van der Waals surface area contributed by atoms with Gasteiger partial charge in [0.25, 0.3) is 5.82 Å². The molecule has 1 fully saturated rings. The van der Waals surface area contributed by atoms with Crippen molar-refractivity contribution in [2.45, 2.75) is 90.9 Å². The van der Waals surface area contributed by atoms with E-state index in [-0.39, 0.29) is 35.8 Å². The molecule has 9 heteroatoms. The van der Waals surface area contributed by atoms with E-state index >= 15 is 0 Å². The van der Waals surface area contributed by atoms with E-state index < -0.39 is 28.1 Å². The van der Waals surface area contributed by atoms with Crippen LogP contribution in [-0.4, -0.2) is 52.8 Å². The third kappa shape index (κ3) is 4.97. The third-order valence-electron chi connectivity index (χ3n) is 7.42. The third-order valence-corrected chi connectivity index (χ3v) is 7.42. The van der Waals surface area contributed by atoms with Gasteiger partial charge in [-0.15, -0.1) is 4.48 Å². The lowest BCUT2D eigenvalue weighted by Gasteiger charge is -2.37. The number of hydrogen-bond donors (Lipinski definition) is 3. The monoisotopic (exact) mass is 487 g/mol. The average molecular weight is 488 g/mol. The summed E-state index contributed by atoms with van der Waals surface area (Å²) < 4.78 is 4.38. The molecule has 2 aliphatic rings. The number of carbonyl (C=O) groups is 3. The van der Waals surface area contributed by atoms with Gasteiger partial charge in [-0.25, -0.2) is 9.78 Å². The predicted molar refractivity (Wildman–Crippen MR) is 134 cm³/mol. The fourth-order valence-electron chi connectivity index (χ4n) is 5.09. The van der Waals surface area contributed by atoms with Crippen molar-refractivity contribution in [3.8, 4) is 0 Å². The molecule has 2 heterocycles. The van der Waals surface area contributed by atoms with E-state index in [1.807, 2.05) is 13.8 Å². The Bertz CT molecular complexity index is 1010. The zero-order chi connectivity index (χ0) is 26.0. The summed E-state index contributed by atoms with van der Waals surface area (Å²) in [6.45, 7) is 9.73. The number of esters is 1. The summed E-state index contributed by atoms with van der Waals surface area (Å²) in [6, 6.07) is 1.56. The summed E-state index contributed by atoms with van der Waals surface area (Å²) in [5.41, 5.74) is 0.484. The van der Waals surface area contributed by atoms with Crippen LogP contribution in [0, 0.1) is 5.92 Å². The van der Waals surface area contributed by atoms with Crippen molar-refractivity contribution in [1.29, 1.82) is 0 Å². The van der Waals surface area contributed by atoms with Gasteiger partial charge in [-0.2, -0.15) is 4.79 Å². The van der Waals surface area contributed by atoms with Gasteiger partial charge in [0.1, 0.15) is 17.3 Å². The van der Waals surface area contributed by atoms with Crippen LogP contribution in [0.4, 0.5) is 10.6 Å². The van der Waals surface area contributed by atoms with Crippen molar-refractivity contribution in [1.82, 2.24) is 20.1 Å². The molecule has 1 aromatic rings. The summed E-state index contributed by atoms with van der Waals surface area (Å²) in [5, 5.41) is 16.9. The molecule has 192 valence electrons. The summed E-state index contributed by atoms with van der Waals surface area (Å²) >= 11 is 0. The van der Waals surface area contributed by atoms with Crippen molar-refractivity contribution in [2.24, 2.45) is 5.92 Å². The van der Waals surface area contributed by atoms with E-state index in [2.05, 4.69) is 15.6 Å². The number of fused-ring (bicyclic) bond motifs is 1. The zero-order valence-corrected chi connectivity index (χ0v) is 21.7. The standard InChI is InChI=1S/C26H38N4O5/c1-7-16(2)21(23(31)29-18-10-8-9-11-18)28-14-17-12-13-27-22-20(17)19(24(32)35-6)15-30(22,25(33)34)26(3,4)5/h12-13,15-16,18,21,28H,7-11,14H2,1-6H3,(H-,29,31,33,34)/p+1/t16-,21+,30?/m0/s1. The van der Waals surface area contributed by atoms with Crippen molar-refractivity contribution in [3.63, 3.8) is 0 Å². The Kier molecular flexibility index (Phi) is 8.01. The Balaban J connectivity index is 1.98. The molecule has 3 rings (SSSR count). The molecule has 3 N–H and O–H groups in total. The first-order valence-corrected chi connectivity index (χ1v) is 12.4. The smallest absolute Gasteiger partial charge is 0.465 e. The van der Waals surface area contributed by atoms with Crippen LogP contribution in [0.1, 0.15) is 77.8 Å². The van der Waals surface area contributed by atoms with Gasteiger partial charge >= 0.3 is 12.1 Å². The highest BCUT2D eigenvalue weighted by Gasteiger charge is 2.57. The van der Waals surface area contributed by atoms with Gasteiger partial charge in [-0.3, -0.25) is 4.79 Å². The van der Waals surface area contributed by atoms with Crippen LogP contribution in [0.15, 0.2) is 18.5 Å². The Morgan fingerprint density at radius 3 is 2.46 bits per heavy atom. The molecule has 1 saturated carbocycles. The van der Waals surface area contributed by atoms with Crippen molar-refractivity contribution >= 4 is 29.4 Å². The average Bonchev–Trinajstić information content (AvgIpc) is 3.44. The van der Waals surface area contributed by atoms with Gasteiger partial charge in [0.05, 0.1) is 18.7 Å². The number of methoxy groups -OCH3 is 1. The lowest BCUT2D eigenvalue weighted by Crippen LogP contribution is -2.60. The Morgan fingerprint density at radius 2 is 1.91 bits per heavy atom. The summed E-state index contributed by atoms with van der Waals surface area (Å²) in [4.78, 5) is 43.0. The van der Waals surface area contributed by atoms with E-state index in [0.29, 0.717) is 11.1 Å². The maximum atomic E-state index is 13.1. The molecule has 1 aliphatic heterocycles. The molecule has 0 bridgehead atoms. The van der Waals surface area contributed by atoms with Crippen LogP contribution in [-0.2, 0) is 20.9 Å². The molecular weight excluding hydrogens is 448 g/mol. The van der Waals surface area contributed by atoms with Crippen LogP contribution in [0.2, 0.25) is 0 Å². The second-order valence-corrected chi connectivity index (χ2v) is 10.6. The minimum Gasteiger partial charge on any atom is -0.465 e. The zero-order valence-electron chi connectivity index (χ0n) is 21.7. The van der Waals surface area contributed by atoms with Gasteiger partial charge in [0.15, 0.2) is 0 Å². The highest BCUT2D eigenvalue weighted by atomic mass is 16.5. The summed E-state index contributed by atoms with van der Waals surface area (Å²) in [6.07, 6.45) is 6.95. The quantitative estimate of drug-likeness (QED) is 0.375. The lowest BCUT2D eigenvalue weighted by molar-refractivity contribution is -0.133. The molecule has 9 nitrogen and oxygen atoms in total. The van der Waals surface area contributed by atoms with Crippen molar-refractivity contribution < 1.29 is 24.2 Å². The van der Waals surface area contributed by atoms with Gasteiger partial charge in [-0.1, -0.05) is 33.1 Å². The first-order valence-electron chi connectivity index (χ1n) is 12.4. The molecule has 0 saturated heterocycles. The topological polar surface area (TPSA) is 118 Å². The fraction of sp³-hybridized carbons (Fsp3) is 0.615. The Morgan fingerprint density at radius 1 is 1.26 bits per heavy atom. The number of hydrogen-bond acceptors (Lipinski definition) is 6. The molecule has 2 amide bonds. The number of amides is 2. The number of ether oxygens (including phenoxy) is 1. The molecular formula is C26H39N4O5+. The molecule has 1 unspecified atom stereocenters. The van der Waals surface area contributed by atoms with Crippen LogP contribution >= 0.6 is 0 Å². The Hall–Kier alpha value is -2.78. The van der Waals surface area contributed by atoms with Gasteiger partial charge in [0, 0.05) is 18.8 Å². The van der Waals surface area contributed by atoms with Gasteiger partial charge in [-0.05, 0) is 51.2 Å². The molecule has 3 atom stereocenters. The van der Waals surface area contributed by atoms with Crippen LogP contribution < -0.4 is 15.1 Å². The van der Waals surface area contributed by atoms with E-state index in [4.69, 9.17) is 4.74 Å². The van der Waals surface area contributed by atoms with Crippen LogP contribution in [0.3, 0.4) is 0 Å². The first kappa shape index (κ1) is 26.8. The maximum Gasteiger partial charge on any atom is 0.525 e. The molecule has 35 heavy (non-hydrogen) atoms. The highest BCUT2D eigenvalue weighted by molar-refractivity contribution is 6.21. The predicted octanol–water partition coefficient (Wildman–Crippen LogP) is 3.96. The molecule has 0 spiro atoms. The normalized spacial score (nSPS) is 21.7. The number of nitrogens with zero attached hydrogens (tertiary/aromatic N) is 2. The number of rotatable bonds is 8. The summed E-state index contributed by atoms with van der Waals surface area (Å²) in [5.74, 6) is -0.292. The van der Waals surface area contributed by atoms with Gasteiger partial charge in [0.2, 0.25) is 5.91 Å². The van der Waals surface area contributed by atoms with Gasteiger partial charge < -0.3 is 20.5 Å². The van der Waals surface area contributed by atoms with E-state index in [1.165, 1.54) is 13.3 Å². The molecule has 1 aliphatic carbocycles. The minimum absolute atomic E-state index is 0.0222. The molecule has 1 aromatic heterocycles. The largest absolute Gasteiger partial charge is 0.525 e. The number of quaternary nitrogens is 1. The summed E-state index contributed by atoms with van der Waals surface area (Å²) in [7, 11) is 1.27. The van der Waals surface area contributed by atoms with Crippen LogP contribution in [0.5, 0.6) is 0 Å². The molecule has 0 radical (unpaired) electrons. The first-order chi connectivity index (χ1) is 16.5. The number of carboxylic acid groups (broad SMARTS) is 1. The van der Waals surface area contributed by atoms with E-state index in [0.717, 1.165) is 32.1 Å². The van der Waals surface area contributed by atoms with Crippen molar-refractivity contribution in [2.75, 3.05) is 7.11 Å². The Labute approximate surface area is 207 Å². The number of carbonyl (C=O) groups excluding carboxylic acids is 2. The minimum atomic E-state index is -1.14. The van der Waals surface area contributed by atoms with Crippen molar-refractivity contribution in [3.05, 3.63) is 29.6 Å². The number of pyridine rings is 1. The SMILES string of the molecule is CC[C@H](C)[C@@H](NCc1ccnc2c1C(C(=O)OC)=C[N+]2(C(=O)O)C(C)(C)C)C(=O)NC1CCCC1. The molecule has 0 aromatic carbocycles. The lowest BCUT2D eigenvalue weighted by atomic mass is 9.96.